The fraction of sp³-hybridized carbons (Fsp3) is 0.100. The van der Waals surface area contributed by atoms with Crippen molar-refractivity contribution in [2.24, 2.45) is 0 Å². The highest BCUT2D eigenvalue weighted by Crippen LogP contribution is 2.19. The molecule has 0 radical (unpaired) electrons. The first-order chi connectivity index (χ1) is 6.33. The second-order valence-corrected chi connectivity index (χ2v) is 3.54. The SMILES string of the molecule is COc1csc2ccccc2c1=O. The smallest absolute Gasteiger partial charge is 0.229 e. The van der Waals surface area contributed by atoms with Crippen molar-refractivity contribution >= 4 is 21.4 Å². The third-order valence-corrected chi connectivity index (χ3v) is 2.81. The van der Waals surface area contributed by atoms with E-state index in [-0.39, 0.29) is 5.43 Å². The topological polar surface area (TPSA) is 26.3 Å². The van der Waals surface area contributed by atoms with Gasteiger partial charge in [0, 0.05) is 15.5 Å². The molecular formula is C10H8O2S. The summed E-state index contributed by atoms with van der Waals surface area (Å²) in [6, 6.07) is 7.53. The van der Waals surface area contributed by atoms with Gasteiger partial charge in [-0.2, -0.15) is 0 Å². The lowest BCUT2D eigenvalue weighted by Gasteiger charge is -1.99. The first-order valence-corrected chi connectivity index (χ1v) is 4.75. The molecule has 0 unspecified atom stereocenters. The molecule has 2 nitrogen and oxygen atoms in total. The summed E-state index contributed by atoms with van der Waals surface area (Å²) in [6.07, 6.45) is 0. The van der Waals surface area contributed by atoms with Crippen LogP contribution in [0.5, 0.6) is 5.75 Å². The molecule has 2 rings (SSSR count). The molecule has 0 aliphatic carbocycles. The molecule has 0 saturated carbocycles. The van der Waals surface area contributed by atoms with Gasteiger partial charge in [0.15, 0.2) is 5.75 Å². The molecule has 1 aromatic heterocycles. The summed E-state index contributed by atoms with van der Waals surface area (Å²) in [5.41, 5.74) is -0.0307. The average Bonchev–Trinajstić information content (AvgIpc) is 2.19. The fourth-order valence-corrected chi connectivity index (χ4v) is 2.08. The largest absolute Gasteiger partial charge is 0.492 e. The van der Waals surface area contributed by atoms with E-state index in [1.807, 2.05) is 24.3 Å². The van der Waals surface area contributed by atoms with Gasteiger partial charge in [-0.05, 0) is 12.1 Å². The maximum absolute atomic E-state index is 11.6. The Morgan fingerprint density at radius 3 is 2.85 bits per heavy atom. The molecule has 0 bridgehead atoms. The summed E-state index contributed by atoms with van der Waals surface area (Å²) in [7, 11) is 1.51. The number of hydrogen-bond donors (Lipinski definition) is 0. The van der Waals surface area contributed by atoms with Gasteiger partial charge in [-0.3, -0.25) is 4.79 Å². The standard InChI is InChI=1S/C10H8O2S/c1-12-8-6-13-9-5-3-2-4-7(9)10(8)11/h2-6H,1H3. The van der Waals surface area contributed by atoms with Gasteiger partial charge in [0.05, 0.1) is 7.11 Å². The van der Waals surface area contributed by atoms with E-state index in [4.69, 9.17) is 4.74 Å². The Bertz CT molecular complexity index is 487. The first kappa shape index (κ1) is 8.26. The highest BCUT2D eigenvalue weighted by Gasteiger charge is 2.03. The summed E-state index contributed by atoms with van der Waals surface area (Å²) in [5, 5.41) is 2.47. The van der Waals surface area contributed by atoms with E-state index in [0.29, 0.717) is 5.75 Å². The predicted octanol–water partition coefficient (Wildman–Crippen LogP) is 2.27. The Balaban J connectivity index is 2.87. The number of hydrogen-bond acceptors (Lipinski definition) is 3. The molecule has 0 aliphatic heterocycles. The van der Waals surface area contributed by atoms with Crippen LogP contribution in [0.3, 0.4) is 0 Å². The van der Waals surface area contributed by atoms with Crippen molar-refractivity contribution in [3.05, 3.63) is 39.9 Å². The van der Waals surface area contributed by atoms with E-state index in [2.05, 4.69) is 0 Å². The monoisotopic (exact) mass is 192 g/mol. The molecule has 0 spiro atoms. The van der Waals surface area contributed by atoms with Crippen molar-refractivity contribution in [1.82, 2.24) is 0 Å². The van der Waals surface area contributed by atoms with Crippen LogP contribution in [-0.2, 0) is 0 Å². The van der Waals surface area contributed by atoms with Crippen LogP contribution >= 0.6 is 11.3 Å². The van der Waals surface area contributed by atoms with Crippen LogP contribution in [0, 0.1) is 0 Å². The zero-order chi connectivity index (χ0) is 9.26. The van der Waals surface area contributed by atoms with Crippen LogP contribution < -0.4 is 10.2 Å². The highest BCUT2D eigenvalue weighted by atomic mass is 32.1. The third-order valence-electron chi connectivity index (χ3n) is 1.87. The summed E-state index contributed by atoms with van der Waals surface area (Å²) < 4.78 is 5.94. The van der Waals surface area contributed by atoms with Crippen LogP contribution in [-0.4, -0.2) is 7.11 Å². The van der Waals surface area contributed by atoms with Crippen molar-refractivity contribution < 1.29 is 4.74 Å². The minimum atomic E-state index is -0.0307. The Morgan fingerprint density at radius 2 is 2.08 bits per heavy atom. The lowest BCUT2D eigenvalue weighted by Crippen LogP contribution is -2.03. The zero-order valence-corrected chi connectivity index (χ0v) is 7.93. The Morgan fingerprint density at radius 1 is 1.31 bits per heavy atom. The second-order valence-electron chi connectivity index (χ2n) is 2.63. The van der Waals surface area contributed by atoms with Crippen LogP contribution in [0.4, 0.5) is 0 Å². The predicted molar refractivity (Wildman–Crippen MR) is 54.6 cm³/mol. The van der Waals surface area contributed by atoms with Crippen molar-refractivity contribution in [2.45, 2.75) is 0 Å². The van der Waals surface area contributed by atoms with Crippen molar-refractivity contribution in [3.8, 4) is 5.75 Å². The van der Waals surface area contributed by atoms with E-state index in [1.54, 1.807) is 5.38 Å². The quantitative estimate of drug-likeness (QED) is 0.692. The summed E-state index contributed by atoms with van der Waals surface area (Å²) in [4.78, 5) is 11.6. The van der Waals surface area contributed by atoms with E-state index in [1.165, 1.54) is 18.4 Å². The average molecular weight is 192 g/mol. The van der Waals surface area contributed by atoms with Gasteiger partial charge in [0.2, 0.25) is 5.43 Å². The molecule has 3 heteroatoms. The molecule has 13 heavy (non-hydrogen) atoms. The molecular weight excluding hydrogens is 184 g/mol. The molecule has 66 valence electrons. The molecule has 0 aliphatic rings. The number of methoxy groups -OCH3 is 1. The normalized spacial score (nSPS) is 10.2. The first-order valence-electron chi connectivity index (χ1n) is 3.87. The van der Waals surface area contributed by atoms with E-state index in [0.717, 1.165) is 10.1 Å². The maximum Gasteiger partial charge on any atom is 0.229 e. The van der Waals surface area contributed by atoms with E-state index in [9.17, 15) is 4.79 Å². The number of rotatable bonds is 1. The summed E-state index contributed by atoms with van der Waals surface area (Å²) >= 11 is 1.52. The zero-order valence-electron chi connectivity index (χ0n) is 7.11. The van der Waals surface area contributed by atoms with Gasteiger partial charge < -0.3 is 4.74 Å². The van der Waals surface area contributed by atoms with Gasteiger partial charge in [0.1, 0.15) is 0 Å². The molecule has 2 aromatic rings. The molecule has 0 atom stereocenters. The van der Waals surface area contributed by atoms with Crippen molar-refractivity contribution in [2.75, 3.05) is 7.11 Å². The third kappa shape index (κ3) is 1.31. The lowest BCUT2D eigenvalue weighted by atomic mass is 10.2. The van der Waals surface area contributed by atoms with Gasteiger partial charge in [-0.15, -0.1) is 11.3 Å². The molecule has 0 amide bonds. The molecule has 0 N–H and O–H groups in total. The van der Waals surface area contributed by atoms with Gasteiger partial charge in [-0.1, -0.05) is 12.1 Å². The molecule has 1 aromatic carbocycles. The van der Waals surface area contributed by atoms with Gasteiger partial charge in [0.25, 0.3) is 0 Å². The van der Waals surface area contributed by atoms with Crippen molar-refractivity contribution in [1.29, 1.82) is 0 Å². The second kappa shape index (κ2) is 3.18. The number of benzene rings is 1. The maximum atomic E-state index is 11.6. The Hall–Kier alpha value is -1.35. The Kier molecular flexibility index (Phi) is 2.02. The van der Waals surface area contributed by atoms with E-state index < -0.39 is 0 Å². The molecule has 1 heterocycles. The van der Waals surface area contributed by atoms with Crippen LogP contribution in [0.2, 0.25) is 0 Å². The fourth-order valence-electron chi connectivity index (χ4n) is 1.20. The van der Waals surface area contributed by atoms with Gasteiger partial charge >= 0.3 is 0 Å². The summed E-state index contributed by atoms with van der Waals surface area (Å²) in [6.45, 7) is 0. The lowest BCUT2D eigenvalue weighted by molar-refractivity contribution is 0.413. The number of ether oxygens (including phenoxy) is 1. The van der Waals surface area contributed by atoms with E-state index >= 15 is 0 Å². The minimum Gasteiger partial charge on any atom is -0.492 e. The Labute approximate surface area is 79.4 Å². The molecule has 0 saturated heterocycles. The summed E-state index contributed by atoms with van der Waals surface area (Å²) in [5.74, 6) is 0.420. The minimum absolute atomic E-state index is 0.0307. The highest BCUT2D eigenvalue weighted by molar-refractivity contribution is 7.16. The van der Waals surface area contributed by atoms with Crippen LogP contribution in [0.15, 0.2) is 34.4 Å². The van der Waals surface area contributed by atoms with Crippen LogP contribution in [0.1, 0.15) is 0 Å². The van der Waals surface area contributed by atoms with Crippen LogP contribution in [0.25, 0.3) is 10.1 Å². The van der Waals surface area contributed by atoms with Gasteiger partial charge in [-0.25, -0.2) is 0 Å². The molecule has 0 fully saturated rings. The number of fused-ring (bicyclic) bond motifs is 1. The van der Waals surface area contributed by atoms with Crippen molar-refractivity contribution in [3.63, 3.8) is 0 Å².